The van der Waals surface area contributed by atoms with Crippen molar-refractivity contribution in [2.45, 2.75) is 26.3 Å². The van der Waals surface area contributed by atoms with Crippen LogP contribution in [0.5, 0.6) is 0 Å². The minimum absolute atomic E-state index is 0.0512. The van der Waals surface area contributed by atoms with E-state index >= 15 is 0 Å². The van der Waals surface area contributed by atoms with E-state index in [9.17, 15) is 4.79 Å². The predicted octanol–water partition coefficient (Wildman–Crippen LogP) is 2.97. The Hall–Kier alpha value is -2.01. The van der Waals surface area contributed by atoms with Gasteiger partial charge in [-0.15, -0.1) is 11.3 Å². The third-order valence-corrected chi connectivity index (χ3v) is 4.46. The van der Waals surface area contributed by atoms with Gasteiger partial charge >= 0.3 is 0 Å². The summed E-state index contributed by atoms with van der Waals surface area (Å²) in [6.45, 7) is 4.00. The Kier molecular flexibility index (Phi) is 3.36. The van der Waals surface area contributed by atoms with Crippen molar-refractivity contribution in [3.05, 3.63) is 57.7 Å². The van der Waals surface area contributed by atoms with Crippen molar-refractivity contribution in [1.29, 1.82) is 0 Å². The van der Waals surface area contributed by atoms with Crippen molar-refractivity contribution in [1.82, 2.24) is 14.5 Å². The zero-order valence-electron chi connectivity index (χ0n) is 11.4. The molecule has 4 nitrogen and oxygen atoms in total. The molecule has 0 amide bonds. The van der Waals surface area contributed by atoms with Crippen LogP contribution in [0.2, 0.25) is 0 Å². The lowest BCUT2D eigenvalue weighted by Gasteiger charge is -2.14. The van der Waals surface area contributed by atoms with Gasteiger partial charge in [0.2, 0.25) is 0 Å². The predicted molar refractivity (Wildman–Crippen MR) is 81.3 cm³/mol. The zero-order valence-corrected chi connectivity index (χ0v) is 12.2. The Bertz CT molecular complexity index is 792. The third kappa shape index (κ3) is 2.25. The standard InChI is InChI=1S/C15H15N3OS/c1-10-8-20-14-13(10)15(19)18(9-17-14)11(2)7-12-3-5-16-6-4-12/h3-6,8-9,11H,7H2,1-2H3. The minimum Gasteiger partial charge on any atom is -0.295 e. The van der Waals surface area contributed by atoms with E-state index in [0.29, 0.717) is 0 Å². The number of thiophene rings is 1. The average molecular weight is 285 g/mol. The van der Waals surface area contributed by atoms with Crippen molar-refractivity contribution in [3.63, 3.8) is 0 Å². The highest BCUT2D eigenvalue weighted by molar-refractivity contribution is 7.16. The van der Waals surface area contributed by atoms with Gasteiger partial charge in [0.05, 0.1) is 11.7 Å². The van der Waals surface area contributed by atoms with E-state index in [2.05, 4.69) is 9.97 Å². The first-order valence-corrected chi connectivity index (χ1v) is 7.38. The van der Waals surface area contributed by atoms with Gasteiger partial charge < -0.3 is 0 Å². The van der Waals surface area contributed by atoms with Crippen LogP contribution >= 0.6 is 11.3 Å². The molecule has 1 atom stereocenters. The molecule has 20 heavy (non-hydrogen) atoms. The van der Waals surface area contributed by atoms with E-state index in [4.69, 9.17) is 0 Å². The van der Waals surface area contributed by atoms with Crippen LogP contribution in [0.1, 0.15) is 24.1 Å². The smallest absolute Gasteiger partial charge is 0.262 e. The van der Waals surface area contributed by atoms with Crippen molar-refractivity contribution in [2.75, 3.05) is 0 Å². The van der Waals surface area contributed by atoms with E-state index in [1.54, 1.807) is 23.3 Å². The molecule has 3 aromatic heterocycles. The topological polar surface area (TPSA) is 47.8 Å². The van der Waals surface area contributed by atoms with Crippen LogP contribution in [0.25, 0.3) is 10.2 Å². The molecule has 0 bridgehead atoms. The SMILES string of the molecule is Cc1csc2ncn(C(C)Cc3ccncc3)c(=O)c12. The molecule has 5 heteroatoms. The van der Waals surface area contributed by atoms with Crippen molar-refractivity contribution in [2.24, 2.45) is 0 Å². The molecule has 0 aliphatic rings. The zero-order chi connectivity index (χ0) is 14.1. The molecular formula is C15H15N3OS. The normalized spacial score (nSPS) is 12.7. The minimum atomic E-state index is 0.0512. The van der Waals surface area contributed by atoms with Gasteiger partial charge in [0.15, 0.2) is 0 Å². The number of hydrogen-bond donors (Lipinski definition) is 0. The van der Waals surface area contributed by atoms with Crippen molar-refractivity contribution >= 4 is 21.6 Å². The maximum atomic E-state index is 12.6. The Balaban J connectivity index is 1.99. The molecule has 0 radical (unpaired) electrons. The monoisotopic (exact) mass is 285 g/mol. The van der Waals surface area contributed by atoms with Crippen LogP contribution in [0.15, 0.2) is 41.0 Å². The Morgan fingerprint density at radius 2 is 2.10 bits per heavy atom. The first-order chi connectivity index (χ1) is 9.66. The highest BCUT2D eigenvalue weighted by atomic mass is 32.1. The molecule has 1 unspecified atom stereocenters. The summed E-state index contributed by atoms with van der Waals surface area (Å²) in [6, 6.07) is 4.02. The molecule has 0 saturated carbocycles. The average Bonchev–Trinajstić information content (AvgIpc) is 2.82. The van der Waals surface area contributed by atoms with Gasteiger partial charge in [-0.3, -0.25) is 14.3 Å². The first kappa shape index (κ1) is 13.0. The second-order valence-electron chi connectivity index (χ2n) is 4.96. The highest BCUT2D eigenvalue weighted by Crippen LogP contribution is 2.20. The second kappa shape index (κ2) is 5.17. The van der Waals surface area contributed by atoms with Crippen molar-refractivity contribution < 1.29 is 0 Å². The third-order valence-electron chi connectivity index (χ3n) is 3.46. The van der Waals surface area contributed by atoms with Crippen LogP contribution in [0, 0.1) is 6.92 Å². The molecule has 0 aliphatic carbocycles. The summed E-state index contributed by atoms with van der Waals surface area (Å²) in [5.41, 5.74) is 2.23. The van der Waals surface area contributed by atoms with E-state index in [1.165, 1.54) is 16.9 Å². The van der Waals surface area contributed by atoms with E-state index in [-0.39, 0.29) is 11.6 Å². The van der Waals surface area contributed by atoms with Gasteiger partial charge in [0.1, 0.15) is 4.83 Å². The summed E-state index contributed by atoms with van der Waals surface area (Å²) in [7, 11) is 0. The second-order valence-corrected chi connectivity index (χ2v) is 5.82. The van der Waals surface area contributed by atoms with E-state index in [0.717, 1.165) is 22.2 Å². The summed E-state index contributed by atoms with van der Waals surface area (Å²) < 4.78 is 1.72. The lowest BCUT2D eigenvalue weighted by Crippen LogP contribution is -2.24. The maximum absolute atomic E-state index is 12.6. The molecule has 0 aliphatic heterocycles. The first-order valence-electron chi connectivity index (χ1n) is 6.50. The lowest BCUT2D eigenvalue weighted by atomic mass is 10.1. The Labute approximate surface area is 120 Å². The van der Waals surface area contributed by atoms with Crippen LogP contribution in [0.4, 0.5) is 0 Å². The van der Waals surface area contributed by atoms with Gasteiger partial charge in [0.25, 0.3) is 5.56 Å². The summed E-state index contributed by atoms with van der Waals surface area (Å²) in [5, 5.41) is 2.73. The molecule has 0 aromatic carbocycles. The summed E-state index contributed by atoms with van der Waals surface area (Å²) >= 11 is 1.52. The van der Waals surface area contributed by atoms with E-state index in [1.807, 2.05) is 31.4 Å². The molecule has 102 valence electrons. The molecular weight excluding hydrogens is 270 g/mol. The van der Waals surface area contributed by atoms with Crippen LogP contribution in [-0.2, 0) is 6.42 Å². The number of hydrogen-bond acceptors (Lipinski definition) is 4. The Morgan fingerprint density at radius 3 is 2.85 bits per heavy atom. The van der Waals surface area contributed by atoms with Crippen LogP contribution < -0.4 is 5.56 Å². The fourth-order valence-electron chi connectivity index (χ4n) is 2.35. The van der Waals surface area contributed by atoms with E-state index < -0.39 is 0 Å². The molecule has 3 heterocycles. The van der Waals surface area contributed by atoms with Gasteiger partial charge in [0, 0.05) is 18.4 Å². The molecule has 3 aromatic rings. The number of aryl methyl sites for hydroxylation is 1. The number of fused-ring (bicyclic) bond motifs is 1. The number of aromatic nitrogens is 3. The largest absolute Gasteiger partial charge is 0.295 e. The number of pyridine rings is 1. The van der Waals surface area contributed by atoms with Crippen LogP contribution in [-0.4, -0.2) is 14.5 Å². The quantitative estimate of drug-likeness (QED) is 0.743. The molecule has 3 rings (SSSR count). The van der Waals surface area contributed by atoms with Crippen LogP contribution in [0.3, 0.4) is 0 Å². The van der Waals surface area contributed by atoms with Gasteiger partial charge in [-0.2, -0.15) is 0 Å². The van der Waals surface area contributed by atoms with Gasteiger partial charge in [-0.1, -0.05) is 0 Å². The molecule has 0 saturated heterocycles. The Morgan fingerprint density at radius 1 is 1.35 bits per heavy atom. The fourth-order valence-corrected chi connectivity index (χ4v) is 3.23. The summed E-state index contributed by atoms with van der Waals surface area (Å²) in [4.78, 5) is 21.8. The fraction of sp³-hybridized carbons (Fsp3) is 0.267. The summed E-state index contributed by atoms with van der Waals surface area (Å²) in [5.74, 6) is 0. The summed E-state index contributed by atoms with van der Waals surface area (Å²) in [6.07, 6.45) is 6.00. The highest BCUT2D eigenvalue weighted by Gasteiger charge is 2.13. The van der Waals surface area contributed by atoms with Crippen molar-refractivity contribution in [3.8, 4) is 0 Å². The lowest BCUT2D eigenvalue weighted by molar-refractivity contribution is 0.523. The molecule has 0 N–H and O–H groups in total. The number of nitrogens with zero attached hydrogens (tertiary/aromatic N) is 3. The van der Waals surface area contributed by atoms with Gasteiger partial charge in [-0.05, 0) is 48.9 Å². The molecule has 0 fully saturated rings. The van der Waals surface area contributed by atoms with Gasteiger partial charge in [-0.25, -0.2) is 4.98 Å². The maximum Gasteiger partial charge on any atom is 0.262 e. The number of rotatable bonds is 3. The molecule has 0 spiro atoms.